The Labute approximate surface area is 105 Å². The lowest BCUT2D eigenvalue weighted by atomic mass is 10.1. The first-order valence-electron chi connectivity index (χ1n) is 5.38. The molecule has 1 aromatic carbocycles. The average Bonchev–Trinajstić information content (AvgIpc) is 3.11. The van der Waals surface area contributed by atoms with Crippen LogP contribution in [0, 0.1) is 0 Å². The van der Waals surface area contributed by atoms with E-state index in [1.165, 1.54) is 12.1 Å². The van der Waals surface area contributed by atoms with Gasteiger partial charge in [0.2, 0.25) is 0 Å². The molecule has 0 spiro atoms. The Morgan fingerprint density at radius 2 is 2.12 bits per heavy atom. The van der Waals surface area contributed by atoms with Gasteiger partial charge < -0.3 is 10.8 Å². The van der Waals surface area contributed by atoms with E-state index >= 15 is 0 Å². The summed E-state index contributed by atoms with van der Waals surface area (Å²) in [6.45, 7) is 0.0745. The Bertz CT molecular complexity index is 526. The molecular weight excluding hydrogens is 262 g/mol. The van der Waals surface area contributed by atoms with Crippen LogP contribution < -0.4 is 5.73 Å². The Kier molecular flexibility index (Phi) is 3.45. The first-order valence-corrected chi connectivity index (χ1v) is 7.30. The number of aliphatic hydroxyl groups is 1. The van der Waals surface area contributed by atoms with Gasteiger partial charge in [0, 0.05) is 6.54 Å². The zero-order valence-electron chi connectivity index (χ0n) is 9.14. The van der Waals surface area contributed by atoms with Crippen LogP contribution in [-0.4, -0.2) is 25.3 Å². The van der Waals surface area contributed by atoms with Crippen LogP contribution in [0.4, 0.5) is 0 Å². The molecule has 0 amide bonds. The number of halogens is 1. The van der Waals surface area contributed by atoms with E-state index in [1.54, 1.807) is 6.07 Å². The second-order valence-corrected chi connectivity index (χ2v) is 6.79. The molecule has 2 rings (SSSR count). The molecule has 0 radical (unpaired) electrons. The van der Waals surface area contributed by atoms with Crippen molar-refractivity contribution in [3.63, 3.8) is 0 Å². The largest absolute Gasteiger partial charge is 0.387 e. The zero-order valence-corrected chi connectivity index (χ0v) is 10.7. The summed E-state index contributed by atoms with van der Waals surface area (Å²) in [5.41, 5.74) is 5.86. The van der Waals surface area contributed by atoms with Gasteiger partial charge in [0.15, 0.2) is 9.84 Å². The molecule has 0 saturated heterocycles. The van der Waals surface area contributed by atoms with E-state index < -0.39 is 15.9 Å². The van der Waals surface area contributed by atoms with Crippen LogP contribution >= 0.6 is 11.6 Å². The topological polar surface area (TPSA) is 80.4 Å². The van der Waals surface area contributed by atoms with Crippen molar-refractivity contribution in [1.29, 1.82) is 0 Å². The van der Waals surface area contributed by atoms with Gasteiger partial charge in [-0.15, -0.1) is 0 Å². The highest BCUT2D eigenvalue weighted by atomic mass is 35.5. The number of benzene rings is 1. The number of sulfone groups is 1. The van der Waals surface area contributed by atoms with Crippen LogP contribution in [0.5, 0.6) is 0 Å². The highest BCUT2D eigenvalue weighted by molar-refractivity contribution is 7.92. The summed E-state index contributed by atoms with van der Waals surface area (Å²) >= 11 is 5.96. The molecule has 0 aromatic heterocycles. The maximum absolute atomic E-state index is 12.0. The molecule has 0 heterocycles. The lowest BCUT2D eigenvalue weighted by Crippen LogP contribution is -2.12. The van der Waals surface area contributed by atoms with Crippen molar-refractivity contribution in [2.75, 3.05) is 6.54 Å². The fourth-order valence-electron chi connectivity index (χ4n) is 1.65. The molecule has 94 valence electrons. The Hall–Kier alpha value is -0.620. The molecule has 6 heteroatoms. The quantitative estimate of drug-likeness (QED) is 0.867. The van der Waals surface area contributed by atoms with E-state index in [0.29, 0.717) is 18.4 Å². The molecule has 4 nitrogen and oxygen atoms in total. The zero-order chi connectivity index (χ0) is 12.6. The van der Waals surface area contributed by atoms with E-state index in [2.05, 4.69) is 0 Å². The van der Waals surface area contributed by atoms with Crippen molar-refractivity contribution in [2.24, 2.45) is 5.73 Å². The third kappa shape index (κ3) is 2.47. The van der Waals surface area contributed by atoms with Crippen LogP contribution in [0.1, 0.15) is 24.5 Å². The van der Waals surface area contributed by atoms with Crippen molar-refractivity contribution < 1.29 is 13.5 Å². The minimum Gasteiger partial charge on any atom is -0.387 e. The van der Waals surface area contributed by atoms with Gasteiger partial charge in [-0.2, -0.15) is 0 Å². The van der Waals surface area contributed by atoms with Crippen LogP contribution in [0.25, 0.3) is 0 Å². The van der Waals surface area contributed by atoms with Gasteiger partial charge in [-0.25, -0.2) is 8.42 Å². The molecule has 0 aliphatic heterocycles. The summed E-state index contributed by atoms with van der Waals surface area (Å²) in [5.74, 6) is 0. The molecule has 0 bridgehead atoms. The smallest absolute Gasteiger partial charge is 0.182 e. The number of hydrogen-bond acceptors (Lipinski definition) is 4. The minimum atomic E-state index is -3.29. The van der Waals surface area contributed by atoms with Crippen molar-refractivity contribution in [2.45, 2.75) is 29.1 Å². The molecule has 1 aliphatic carbocycles. The summed E-state index contributed by atoms with van der Waals surface area (Å²) in [6.07, 6.45) is 0.586. The molecule has 1 aromatic rings. The number of hydrogen-bond donors (Lipinski definition) is 2. The lowest BCUT2D eigenvalue weighted by Gasteiger charge is -2.11. The summed E-state index contributed by atoms with van der Waals surface area (Å²) in [6, 6.07) is 4.47. The first kappa shape index (κ1) is 12.8. The number of nitrogens with two attached hydrogens (primary N) is 1. The second kappa shape index (κ2) is 4.57. The van der Waals surface area contributed by atoms with Gasteiger partial charge >= 0.3 is 0 Å². The molecule has 1 unspecified atom stereocenters. The van der Waals surface area contributed by atoms with E-state index in [4.69, 9.17) is 17.3 Å². The summed E-state index contributed by atoms with van der Waals surface area (Å²) in [4.78, 5) is 0.148. The van der Waals surface area contributed by atoms with Crippen molar-refractivity contribution in [1.82, 2.24) is 0 Å². The summed E-state index contributed by atoms with van der Waals surface area (Å²) < 4.78 is 24.0. The van der Waals surface area contributed by atoms with Crippen LogP contribution in [0.3, 0.4) is 0 Å². The molecular formula is C11H14ClNO3S. The predicted octanol–water partition coefficient (Wildman–Crippen LogP) is 1.27. The third-order valence-corrected chi connectivity index (χ3v) is 5.58. The minimum absolute atomic E-state index is 0.0745. The Morgan fingerprint density at radius 1 is 1.47 bits per heavy atom. The normalized spacial score (nSPS) is 18.1. The van der Waals surface area contributed by atoms with Gasteiger partial charge in [0.25, 0.3) is 0 Å². The molecule has 1 atom stereocenters. The van der Waals surface area contributed by atoms with Crippen molar-refractivity contribution in [3.05, 3.63) is 28.8 Å². The van der Waals surface area contributed by atoms with Crippen molar-refractivity contribution in [3.8, 4) is 0 Å². The Morgan fingerprint density at radius 3 is 2.59 bits per heavy atom. The predicted molar refractivity (Wildman–Crippen MR) is 65.7 cm³/mol. The molecule has 3 N–H and O–H groups in total. The van der Waals surface area contributed by atoms with Gasteiger partial charge in [0.05, 0.1) is 21.3 Å². The van der Waals surface area contributed by atoms with Crippen LogP contribution in [-0.2, 0) is 9.84 Å². The van der Waals surface area contributed by atoms with Gasteiger partial charge in [-0.05, 0) is 30.5 Å². The summed E-state index contributed by atoms with van der Waals surface area (Å²) in [7, 11) is -3.29. The van der Waals surface area contributed by atoms with Crippen LogP contribution in [0.15, 0.2) is 23.1 Å². The van der Waals surface area contributed by atoms with E-state index in [1.807, 2.05) is 0 Å². The standard InChI is InChI=1S/C11H14ClNO3S/c12-9-5-7(10(14)6-13)1-4-11(9)17(15,16)8-2-3-8/h1,4-5,8,10,14H,2-3,6,13H2. The molecule has 17 heavy (non-hydrogen) atoms. The maximum Gasteiger partial charge on any atom is 0.182 e. The van der Waals surface area contributed by atoms with Gasteiger partial charge in [-0.1, -0.05) is 17.7 Å². The van der Waals surface area contributed by atoms with Crippen molar-refractivity contribution >= 4 is 21.4 Å². The third-order valence-electron chi connectivity index (χ3n) is 2.83. The van der Waals surface area contributed by atoms with E-state index in [9.17, 15) is 13.5 Å². The first-order chi connectivity index (χ1) is 7.96. The highest BCUT2D eigenvalue weighted by Crippen LogP contribution is 2.37. The molecule has 1 aliphatic rings. The lowest BCUT2D eigenvalue weighted by molar-refractivity contribution is 0.186. The summed E-state index contributed by atoms with van der Waals surface area (Å²) in [5, 5.41) is 9.40. The maximum atomic E-state index is 12.0. The molecule has 1 fully saturated rings. The number of aliphatic hydroxyl groups excluding tert-OH is 1. The molecule has 1 saturated carbocycles. The SMILES string of the molecule is NCC(O)c1ccc(S(=O)(=O)C2CC2)c(Cl)c1. The van der Waals surface area contributed by atoms with Gasteiger partial charge in [-0.3, -0.25) is 0 Å². The highest BCUT2D eigenvalue weighted by Gasteiger charge is 2.38. The fourth-order valence-corrected chi connectivity index (χ4v) is 3.86. The fraction of sp³-hybridized carbons (Fsp3) is 0.455. The van der Waals surface area contributed by atoms with Crippen LogP contribution in [0.2, 0.25) is 5.02 Å². The second-order valence-electron chi connectivity index (χ2n) is 4.19. The van der Waals surface area contributed by atoms with E-state index in [0.717, 1.165) is 0 Å². The monoisotopic (exact) mass is 275 g/mol. The van der Waals surface area contributed by atoms with E-state index in [-0.39, 0.29) is 21.7 Å². The Balaban J connectivity index is 2.38. The average molecular weight is 276 g/mol. The van der Waals surface area contributed by atoms with Gasteiger partial charge in [0.1, 0.15) is 0 Å². The number of rotatable bonds is 4.